The fourth-order valence-corrected chi connectivity index (χ4v) is 9.61. The maximum absolute atomic E-state index is 2.33. The van der Waals surface area contributed by atoms with Crippen LogP contribution in [0.4, 0.5) is 0 Å². The third-order valence-electron chi connectivity index (χ3n) is 4.85. The van der Waals surface area contributed by atoms with Gasteiger partial charge in [-0.1, -0.05) is 0 Å². The average Bonchev–Trinajstić information content (AvgIpc) is 2.57. The molecular formula is C19H20SSe. The molecule has 3 atom stereocenters. The fraction of sp³-hybridized carbons (Fsp3) is 0.368. The van der Waals surface area contributed by atoms with Gasteiger partial charge in [0, 0.05) is 0 Å². The average molecular weight is 359 g/mol. The van der Waals surface area contributed by atoms with Gasteiger partial charge in [0.05, 0.1) is 0 Å². The van der Waals surface area contributed by atoms with E-state index in [0.717, 1.165) is 11.8 Å². The van der Waals surface area contributed by atoms with Crippen molar-refractivity contribution in [3.05, 3.63) is 60.7 Å². The van der Waals surface area contributed by atoms with Crippen LogP contribution in [0, 0.1) is 11.8 Å². The first kappa shape index (κ1) is 13.9. The summed E-state index contributed by atoms with van der Waals surface area (Å²) in [5.41, 5.74) is 0. The van der Waals surface area contributed by atoms with Crippen molar-refractivity contribution < 1.29 is 0 Å². The van der Waals surface area contributed by atoms with E-state index in [1.165, 1.54) is 30.6 Å². The molecule has 0 heterocycles. The standard InChI is InChI=1S/C19H20SSe/c1-3-10-17(11-4-1)20-19(15-8-7-9-16(19)14-15)21-18-12-5-2-6-13-18/h1-6,10-13,15-16H,7-9,14H2/t15-,16+,19?. The molecule has 108 valence electrons. The van der Waals surface area contributed by atoms with Gasteiger partial charge in [-0.05, 0) is 0 Å². The second-order valence-corrected chi connectivity index (χ2v) is 10.9. The summed E-state index contributed by atoms with van der Waals surface area (Å²) >= 11 is 2.76. The molecule has 0 aliphatic heterocycles. The zero-order valence-electron chi connectivity index (χ0n) is 12.1. The Morgan fingerprint density at radius 1 is 0.857 bits per heavy atom. The molecule has 0 N–H and O–H groups in total. The Hall–Kier alpha value is -0.691. The van der Waals surface area contributed by atoms with Gasteiger partial charge in [-0.3, -0.25) is 0 Å². The molecular weight excluding hydrogens is 339 g/mol. The molecule has 0 amide bonds. The van der Waals surface area contributed by atoms with E-state index in [9.17, 15) is 0 Å². The summed E-state index contributed by atoms with van der Waals surface area (Å²) in [5.74, 6) is 1.89. The Kier molecular flexibility index (Phi) is 3.87. The first-order valence-corrected chi connectivity index (χ1v) is 10.4. The molecule has 0 spiro atoms. The van der Waals surface area contributed by atoms with Crippen LogP contribution in [0.5, 0.6) is 0 Å². The quantitative estimate of drug-likeness (QED) is 0.733. The predicted octanol–water partition coefficient (Wildman–Crippen LogP) is 4.32. The van der Waals surface area contributed by atoms with Crippen molar-refractivity contribution in [2.75, 3.05) is 0 Å². The van der Waals surface area contributed by atoms with Gasteiger partial charge in [0.15, 0.2) is 0 Å². The summed E-state index contributed by atoms with van der Waals surface area (Å²) in [6, 6.07) is 22.3. The minimum atomic E-state index is 0.522. The van der Waals surface area contributed by atoms with E-state index in [0.29, 0.717) is 18.6 Å². The molecule has 1 unspecified atom stereocenters. The Balaban J connectivity index is 1.64. The van der Waals surface area contributed by atoms with E-state index in [1.54, 1.807) is 4.46 Å². The monoisotopic (exact) mass is 360 g/mol. The summed E-state index contributed by atoms with van der Waals surface area (Å²) < 4.78 is 2.10. The van der Waals surface area contributed by atoms with E-state index >= 15 is 0 Å². The topological polar surface area (TPSA) is 0 Å². The van der Waals surface area contributed by atoms with Crippen LogP contribution < -0.4 is 4.46 Å². The van der Waals surface area contributed by atoms with Crippen LogP contribution >= 0.6 is 11.8 Å². The van der Waals surface area contributed by atoms with Crippen molar-refractivity contribution in [1.29, 1.82) is 0 Å². The van der Waals surface area contributed by atoms with Crippen molar-refractivity contribution >= 4 is 31.2 Å². The second kappa shape index (κ2) is 5.83. The number of fused-ring (bicyclic) bond motifs is 2. The number of hydrogen-bond donors (Lipinski definition) is 0. The molecule has 2 saturated carbocycles. The van der Waals surface area contributed by atoms with Gasteiger partial charge >= 0.3 is 138 Å². The molecule has 2 aromatic carbocycles. The summed E-state index contributed by atoms with van der Waals surface area (Å²) in [4.78, 5) is 1.46. The normalized spacial score (nSPS) is 30.7. The van der Waals surface area contributed by atoms with Crippen molar-refractivity contribution in [2.24, 2.45) is 11.8 Å². The van der Waals surface area contributed by atoms with Crippen LogP contribution in [0.15, 0.2) is 65.6 Å². The summed E-state index contributed by atoms with van der Waals surface area (Å²) in [6.07, 6.45) is 5.83. The van der Waals surface area contributed by atoms with Crippen molar-refractivity contribution in [3.63, 3.8) is 0 Å². The molecule has 2 bridgehead atoms. The number of thioether (sulfide) groups is 1. The van der Waals surface area contributed by atoms with Crippen LogP contribution in [0.3, 0.4) is 0 Å². The van der Waals surface area contributed by atoms with Gasteiger partial charge in [-0.15, -0.1) is 0 Å². The molecule has 2 aliphatic rings. The van der Waals surface area contributed by atoms with Crippen LogP contribution in [-0.2, 0) is 0 Å². The third-order valence-corrected chi connectivity index (χ3v) is 10.4. The first-order chi connectivity index (χ1) is 10.4. The van der Waals surface area contributed by atoms with Gasteiger partial charge in [-0.2, -0.15) is 0 Å². The fourth-order valence-electron chi connectivity index (χ4n) is 3.79. The van der Waals surface area contributed by atoms with E-state index in [1.807, 2.05) is 0 Å². The molecule has 4 rings (SSSR count). The molecule has 2 heteroatoms. The van der Waals surface area contributed by atoms with Crippen LogP contribution in [0.1, 0.15) is 25.7 Å². The van der Waals surface area contributed by atoms with E-state index in [2.05, 4.69) is 72.4 Å². The molecule has 0 aromatic heterocycles. The minimum absolute atomic E-state index is 0.522. The molecule has 2 aromatic rings. The first-order valence-electron chi connectivity index (χ1n) is 7.85. The summed E-state index contributed by atoms with van der Waals surface area (Å²) in [6.45, 7) is 0. The van der Waals surface area contributed by atoms with Crippen LogP contribution in [-0.4, -0.2) is 18.6 Å². The Morgan fingerprint density at radius 3 is 2.10 bits per heavy atom. The molecule has 2 fully saturated rings. The van der Waals surface area contributed by atoms with Gasteiger partial charge < -0.3 is 0 Å². The van der Waals surface area contributed by atoms with E-state index < -0.39 is 0 Å². The Morgan fingerprint density at radius 2 is 1.48 bits per heavy atom. The SMILES string of the molecule is c1ccc(SC2([Se]c3ccccc3)[C@@H]3CCC[C@H]2C3)cc1. The molecule has 21 heavy (non-hydrogen) atoms. The number of rotatable bonds is 4. The molecule has 0 nitrogen and oxygen atoms in total. The Labute approximate surface area is 137 Å². The van der Waals surface area contributed by atoms with Crippen molar-refractivity contribution in [1.82, 2.24) is 0 Å². The van der Waals surface area contributed by atoms with Crippen molar-refractivity contribution in [2.45, 2.75) is 34.2 Å². The van der Waals surface area contributed by atoms with E-state index in [4.69, 9.17) is 0 Å². The zero-order chi connectivity index (χ0) is 14.1. The number of benzene rings is 2. The van der Waals surface area contributed by atoms with Crippen LogP contribution in [0.25, 0.3) is 0 Å². The van der Waals surface area contributed by atoms with Crippen molar-refractivity contribution in [3.8, 4) is 0 Å². The summed E-state index contributed by atoms with van der Waals surface area (Å²) in [7, 11) is 0. The number of hydrogen-bond acceptors (Lipinski definition) is 1. The third kappa shape index (κ3) is 2.58. The molecule has 0 saturated heterocycles. The van der Waals surface area contributed by atoms with Gasteiger partial charge in [0.25, 0.3) is 0 Å². The van der Waals surface area contributed by atoms with Gasteiger partial charge in [-0.25, -0.2) is 0 Å². The predicted molar refractivity (Wildman–Crippen MR) is 92.3 cm³/mol. The van der Waals surface area contributed by atoms with E-state index in [-0.39, 0.29) is 0 Å². The van der Waals surface area contributed by atoms with Gasteiger partial charge in [0.2, 0.25) is 0 Å². The summed E-state index contributed by atoms with van der Waals surface area (Å²) in [5, 5.41) is 0. The van der Waals surface area contributed by atoms with Gasteiger partial charge in [0.1, 0.15) is 0 Å². The molecule has 0 radical (unpaired) electrons. The maximum atomic E-state index is 2.33. The zero-order valence-corrected chi connectivity index (χ0v) is 14.6. The molecule has 2 aliphatic carbocycles. The van der Waals surface area contributed by atoms with Crippen LogP contribution in [0.2, 0.25) is 0 Å². The second-order valence-electron chi connectivity index (χ2n) is 6.11. The Bertz CT molecular complexity index is 538.